The van der Waals surface area contributed by atoms with Crippen LogP contribution in [0.3, 0.4) is 0 Å². The molecule has 1 aliphatic rings. The summed E-state index contributed by atoms with van der Waals surface area (Å²) in [5.74, 6) is -2.74. The Balaban J connectivity index is 1.44. The lowest BCUT2D eigenvalue weighted by atomic mass is 10.1. The van der Waals surface area contributed by atoms with E-state index in [1.54, 1.807) is 4.90 Å². The number of anilines is 1. The second-order valence-electron chi connectivity index (χ2n) is 7.14. The Hall–Kier alpha value is -3.01. The molecule has 5 nitrogen and oxygen atoms in total. The van der Waals surface area contributed by atoms with Crippen LogP contribution in [-0.2, 0) is 11.0 Å². The summed E-state index contributed by atoms with van der Waals surface area (Å²) in [7, 11) is 0. The van der Waals surface area contributed by atoms with Crippen molar-refractivity contribution < 1.29 is 31.5 Å². The molecule has 0 unspecified atom stereocenters. The fourth-order valence-electron chi connectivity index (χ4n) is 3.22. The number of hydrogen-bond acceptors (Lipinski definition) is 3. The standard InChI is InChI=1S/C21H20F5N3O2/c22-17-6-5-16(13-18(17)23)27-19(30)7-8-28-9-11-29(12-10-28)20(31)14-1-3-15(4-2-14)21(24,25)26/h1-6,13H,7-12H2,(H,27,30). The Morgan fingerprint density at radius 3 is 2.13 bits per heavy atom. The molecule has 3 rings (SSSR count). The van der Waals surface area contributed by atoms with Gasteiger partial charge in [0.1, 0.15) is 0 Å². The highest BCUT2D eigenvalue weighted by atomic mass is 19.4. The molecule has 1 heterocycles. The highest BCUT2D eigenvalue weighted by Crippen LogP contribution is 2.29. The first-order valence-electron chi connectivity index (χ1n) is 9.57. The van der Waals surface area contributed by atoms with Crippen molar-refractivity contribution in [2.45, 2.75) is 12.6 Å². The number of carbonyl (C=O) groups is 2. The van der Waals surface area contributed by atoms with Gasteiger partial charge in [0.15, 0.2) is 11.6 Å². The molecule has 1 fully saturated rings. The lowest BCUT2D eigenvalue weighted by molar-refractivity contribution is -0.137. The first-order valence-corrected chi connectivity index (χ1v) is 9.57. The SMILES string of the molecule is O=C(CCN1CCN(C(=O)c2ccc(C(F)(F)F)cc2)CC1)Nc1ccc(F)c(F)c1. The van der Waals surface area contributed by atoms with Crippen molar-refractivity contribution in [3.8, 4) is 0 Å². The number of alkyl halides is 3. The Bertz CT molecular complexity index is 939. The van der Waals surface area contributed by atoms with E-state index >= 15 is 0 Å². The monoisotopic (exact) mass is 441 g/mol. The van der Waals surface area contributed by atoms with Crippen molar-refractivity contribution in [1.29, 1.82) is 0 Å². The third-order valence-corrected chi connectivity index (χ3v) is 4.98. The van der Waals surface area contributed by atoms with Crippen molar-refractivity contribution >= 4 is 17.5 Å². The number of hydrogen-bond donors (Lipinski definition) is 1. The Morgan fingerprint density at radius 2 is 1.55 bits per heavy atom. The summed E-state index contributed by atoms with van der Waals surface area (Å²) in [6.07, 6.45) is -4.32. The number of piperazine rings is 1. The van der Waals surface area contributed by atoms with Crippen molar-refractivity contribution in [2.24, 2.45) is 0 Å². The minimum atomic E-state index is -4.45. The zero-order valence-electron chi connectivity index (χ0n) is 16.4. The molecule has 0 bridgehead atoms. The predicted octanol–water partition coefficient (Wildman–Crippen LogP) is 3.77. The summed E-state index contributed by atoms with van der Waals surface area (Å²) in [4.78, 5) is 28.0. The summed E-state index contributed by atoms with van der Waals surface area (Å²) >= 11 is 0. The van der Waals surface area contributed by atoms with E-state index in [1.807, 2.05) is 4.90 Å². The largest absolute Gasteiger partial charge is 0.416 e. The van der Waals surface area contributed by atoms with Crippen LogP contribution in [0.2, 0.25) is 0 Å². The minimum Gasteiger partial charge on any atom is -0.336 e. The lowest BCUT2D eigenvalue weighted by Gasteiger charge is -2.34. The fourth-order valence-corrected chi connectivity index (χ4v) is 3.22. The van der Waals surface area contributed by atoms with E-state index in [0.717, 1.165) is 24.3 Å². The molecular weight excluding hydrogens is 421 g/mol. The fraction of sp³-hybridized carbons (Fsp3) is 0.333. The average molecular weight is 441 g/mol. The van der Waals surface area contributed by atoms with Gasteiger partial charge < -0.3 is 10.2 Å². The summed E-state index contributed by atoms with van der Waals surface area (Å²) in [6.45, 7) is 2.18. The van der Waals surface area contributed by atoms with Gasteiger partial charge >= 0.3 is 6.18 Å². The van der Waals surface area contributed by atoms with Crippen molar-refractivity contribution in [3.63, 3.8) is 0 Å². The van der Waals surface area contributed by atoms with E-state index in [-0.39, 0.29) is 29.5 Å². The molecule has 2 aromatic carbocycles. The molecule has 31 heavy (non-hydrogen) atoms. The number of benzene rings is 2. The Kier molecular flexibility index (Phi) is 6.89. The first-order chi connectivity index (χ1) is 14.6. The van der Waals surface area contributed by atoms with Gasteiger partial charge in [0.05, 0.1) is 5.56 Å². The Labute approximate surface area is 175 Å². The van der Waals surface area contributed by atoms with Gasteiger partial charge in [-0.15, -0.1) is 0 Å². The van der Waals surface area contributed by atoms with Gasteiger partial charge in [-0.25, -0.2) is 8.78 Å². The molecule has 0 radical (unpaired) electrons. The van der Waals surface area contributed by atoms with Crippen LogP contribution in [-0.4, -0.2) is 54.3 Å². The molecule has 2 amide bonds. The molecule has 0 aromatic heterocycles. The highest BCUT2D eigenvalue weighted by Gasteiger charge is 2.30. The van der Waals surface area contributed by atoms with Gasteiger partial charge in [0.25, 0.3) is 5.91 Å². The molecule has 0 aliphatic carbocycles. The second-order valence-corrected chi connectivity index (χ2v) is 7.14. The van der Waals surface area contributed by atoms with Crippen LogP contribution in [0.15, 0.2) is 42.5 Å². The molecule has 166 valence electrons. The van der Waals surface area contributed by atoms with Gasteiger partial charge in [-0.1, -0.05) is 0 Å². The maximum atomic E-state index is 13.2. The third-order valence-electron chi connectivity index (χ3n) is 4.98. The van der Waals surface area contributed by atoms with Crippen LogP contribution in [0, 0.1) is 11.6 Å². The molecule has 0 atom stereocenters. The average Bonchev–Trinajstić information content (AvgIpc) is 2.74. The van der Waals surface area contributed by atoms with Crippen LogP contribution in [0.5, 0.6) is 0 Å². The number of rotatable bonds is 5. The summed E-state index contributed by atoms with van der Waals surface area (Å²) in [6, 6.07) is 7.20. The maximum absolute atomic E-state index is 13.2. The molecule has 0 saturated carbocycles. The van der Waals surface area contributed by atoms with E-state index in [1.165, 1.54) is 18.2 Å². The van der Waals surface area contributed by atoms with Crippen LogP contribution in [0.1, 0.15) is 22.3 Å². The van der Waals surface area contributed by atoms with Crippen molar-refractivity contribution in [2.75, 3.05) is 38.0 Å². The molecule has 0 spiro atoms. The quantitative estimate of drug-likeness (QED) is 0.719. The number of nitrogens with zero attached hydrogens (tertiary/aromatic N) is 2. The maximum Gasteiger partial charge on any atom is 0.416 e. The number of amides is 2. The normalized spacial score (nSPS) is 15.1. The van der Waals surface area contributed by atoms with Crippen molar-refractivity contribution in [1.82, 2.24) is 9.80 Å². The molecule has 1 N–H and O–H groups in total. The first kappa shape index (κ1) is 22.7. The van der Waals surface area contributed by atoms with Crippen LogP contribution in [0.4, 0.5) is 27.6 Å². The lowest BCUT2D eigenvalue weighted by Crippen LogP contribution is -2.49. The van der Waals surface area contributed by atoms with Gasteiger partial charge in [-0.05, 0) is 36.4 Å². The van der Waals surface area contributed by atoms with Gasteiger partial charge in [-0.2, -0.15) is 13.2 Å². The van der Waals surface area contributed by atoms with E-state index in [9.17, 15) is 31.5 Å². The Morgan fingerprint density at radius 1 is 0.903 bits per heavy atom. The molecule has 10 heteroatoms. The van der Waals surface area contributed by atoms with E-state index in [2.05, 4.69) is 5.32 Å². The zero-order chi connectivity index (χ0) is 22.6. The highest BCUT2D eigenvalue weighted by molar-refractivity contribution is 5.94. The second kappa shape index (κ2) is 9.42. The minimum absolute atomic E-state index is 0.131. The van der Waals surface area contributed by atoms with Crippen LogP contribution >= 0.6 is 0 Å². The zero-order valence-corrected chi connectivity index (χ0v) is 16.4. The molecule has 1 saturated heterocycles. The van der Waals surface area contributed by atoms with Gasteiger partial charge in [0, 0.05) is 56.5 Å². The molecule has 2 aromatic rings. The predicted molar refractivity (Wildman–Crippen MR) is 103 cm³/mol. The topological polar surface area (TPSA) is 52.7 Å². The van der Waals surface area contributed by atoms with Crippen LogP contribution in [0.25, 0.3) is 0 Å². The molecule has 1 aliphatic heterocycles. The van der Waals surface area contributed by atoms with E-state index < -0.39 is 23.4 Å². The smallest absolute Gasteiger partial charge is 0.336 e. The number of halogens is 5. The van der Waals surface area contributed by atoms with Crippen LogP contribution < -0.4 is 5.32 Å². The summed E-state index contributed by atoms with van der Waals surface area (Å²) in [5.41, 5.74) is -0.460. The van der Waals surface area contributed by atoms with E-state index in [4.69, 9.17) is 0 Å². The van der Waals surface area contributed by atoms with Crippen molar-refractivity contribution in [3.05, 3.63) is 65.2 Å². The summed E-state index contributed by atoms with van der Waals surface area (Å²) in [5, 5.41) is 2.50. The van der Waals surface area contributed by atoms with E-state index in [0.29, 0.717) is 32.7 Å². The summed E-state index contributed by atoms with van der Waals surface area (Å²) < 4.78 is 64.0. The van der Waals surface area contributed by atoms with Gasteiger partial charge in [-0.3, -0.25) is 14.5 Å². The van der Waals surface area contributed by atoms with Gasteiger partial charge in [0.2, 0.25) is 5.91 Å². The third kappa shape index (κ3) is 6.00. The molecular formula is C21H20F5N3O2. The number of nitrogens with one attached hydrogen (secondary N) is 1. The number of carbonyl (C=O) groups excluding carboxylic acids is 2.